The maximum atomic E-state index is 12.6. The zero-order valence-corrected chi connectivity index (χ0v) is 17.0. The summed E-state index contributed by atoms with van der Waals surface area (Å²) < 4.78 is 0. The summed E-state index contributed by atoms with van der Waals surface area (Å²) in [5.74, 6) is -1.60. The van der Waals surface area contributed by atoms with E-state index >= 15 is 0 Å². The lowest BCUT2D eigenvalue weighted by atomic mass is 9.89. The van der Waals surface area contributed by atoms with Gasteiger partial charge in [-0.25, -0.2) is 0 Å². The minimum absolute atomic E-state index is 0.0602. The van der Waals surface area contributed by atoms with Crippen molar-refractivity contribution in [3.63, 3.8) is 0 Å². The molecular weight excluding hydrogens is 356 g/mol. The van der Waals surface area contributed by atoms with Crippen molar-refractivity contribution in [3.8, 4) is 0 Å². The van der Waals surface area contributed by atoms with Crippen LogP contribution in [0.3, 0.4) is 0 Å². The van der Waals surface area contributed by atoms with Gasteiger partial charge in [-0.05, 0) is 24.8 Å². The van der Waals surface area contributed by atoms with Gasteiger partial charge in [-0.1, -0.05) is 44.2 Å². The highest BCUT2D eigenvalue weighted by Crippen LogP contribution is 2.33. The van der Waals surface area contributed by atoms with Gasteiger partial charge >= 0.3 is 5.97 Å². The second-order valence-corrected chi connectivity index (χ2v) is 7.49. The molecule has 154 valence electrons. The summed E-state index contributed by atoms with van der Waals surface area (Å²) in [6.07, 6.45) is 3.01. The third-order valence-electron chi connectivity index (χ3n) is 5.34. The molecule has 1 aromatic rings. The van der Waals surface area contributed by atoms with Crippen LogP contribution in [0.15, 0.2) is 30.3 Å². The Hall–Kier alpha value is -2.37. The Balaban J connectivity index is 1.89. The van der Waals surface area contributed by atoms with Crippen molar-refractivity contribution >= 4 is 17.8 Å². The molecule has 6 heteroatoms. The van der Waals surface area contributed by atoms with E-state index in [1.165, 1.54) is 0 Å². The van der Waals surface area contributed by atoms with E-state index in [1.807, 2.05) is 35.2 Å². The molecule has 28 heavy (non-hydrogen) atoms. The molecule has 1 N–H and O–H groups in total. The molecule has 1 heterocycles. The highest BCUT2D eigenvalue weighted by Gasteiger charge is 2.40. The van der Waals surface area contributed by atoms with Crippen molar-refractivity contribution in [3.05, 3.63) is 35.9 Å². The molecule has 1 saturated heterocycles. The smallest absolute Gasteiger partial charge is 0.308 e. The minimum atomic E-state index is -0.867. The number of carbonyl (C=O) groups is 3. The molecule has 2 atom stereocenters. The number of benzene rings is 1. The molecule has 0 spiro atoms. The molecule has 1 aromatic carbocycles. The largest absolute Gasteiger partial charge is 0.481 e. The Bertz CT molecular complexity index is 656. The number of amides is 2. The van der Waals surface area contributed by atoms with Crippen molar-refractivity contribution in [2.75, 3.05) is 26.2 Å². The number of hydrogen-bond acceptors (Lipinski definition) is 3. The van der Waals surface area contributed by atoms with Gasteiger partial charge in [-0.15, -0.1) is 0 Å². The van der Waals surface area contributed by atoms with Gasteiger partial charge in [0.05, 0.1) is 5.92 Å². The van der Waals surface area contributed by atoms with Gasteiger partial charge in [0, 0.05) is 44.9 Å². The van der Waals surface area contributed by atoms with Crippen LogP contribution in [-0.4, -0.2) is 58.9 Å². The zero-order chi connectivity index (χ0) is 20.5. The third-order valence-corrected chi connectivity index (χ3v) is 5.34. The Morgan fingerprint density at radius 2 is 1.68 bits per heavy atom. The summed E-state index contributed by atoms with van der Waals surface area (Å²) in [5, 5.41) is 9.57. The third kappa shape index (κ3) is 5.81. The van der Waals surface area contributed by atoms with Crippen molar-refractivity contribution < 1.29 is 19.5 Å². The lowest BCUT2D eigenvalue weighted by Gasteiger charge is -2.21. The van der Waals surface area contributed by atoms with E-state index in [0.717, 1.165) is 31.5 Å². The number of likely N-dealkylation sites (tertiary alicyclic amines) is 1. The topological polar surface area (TPSA) is 77.9 Å². The Labute approximate surface area is 167 Å². The van der Waals surface area contributed by atoms with Crippen molar-refractivity contribution in [1.82, 2.24) is 9.80 Å². The maximum Gasteiger partial charge on any atom is 0.308 e. The van der Waals surface area contributed by atoms with Crippen LogP contribution in [-0.2, 0) is 14.4 Å². The number of nitrogens with zero attached hydrogens (tertiary/aromatic N) is 2. The second-order valence-electron chi connectivity index (χ2n) is 7.49. The van der Waals surface area contributed by atoms with Crippen LogP contribution in [0, 0.1) is 5.92 Å². The van der Waals surface area contributed by atoms with E-state index in [1.54, 1.807) is 4.90 Å². The van der Waals surface area contributed by atoms with Gasteiger partial charge in [-0.2, -0.15) is 0 Å². The molecule has 0 unspecified atom stereocenters. The fourth-order valence-electron chi connectivity index (χ4n) is 3.90. The summed E-state index contributed by atoms with van der Waals surface area (Å²) in [5.41, 5.74) is 0.954. The second kappa shape index (κ2) is 10.8. The van der Waals surface area contributed by atoms with Crippen molar-refractivity contribution in [2.24, 2.45) is 5.92 Å². The SMILES string of the molecule is CCCN(CCC)C(=O)CCCC(=O)N1C[C@H](C(=O)O)[C@H](c2ccccc2)C1. The predicted molar refractivity (Wildman–Crippen MR) is 108 cm³/mol. The predicted octanol–water partition coefficient (Wildman–Crippen LogP) is 3.13. The standard InChI is InChI=1S/C22H32N2O4/c1-3-13-23(14-4-2)20(25)11-8-12-21(26)24-15-18(19(16-24)22(27)28)17-9-6-5-7-10-17/h5-7,9-10,18-19H,3-4,8,11-16H2,1-2H3,(H,27,28)/t18-,19-/m0/s1. The Kier molecular flexibility index (Phi) is 8.48. The monoisotopic (exact) mass is 388 g/mol. The Morgan fingerprint density at radius 3 is 2.25 bits per heavy atom. The van der Waals surface area contributed by atoms with Gasteiger partial charge in [-0.3, -0.25) is 14.4 Å². The number of carboxylic acids is 1. The average Bonchev–Trinajstić information content (AvgIpc) is 3.14. The van der Waals surface area contributed by atoms with E-state index in [0.29, 0.717) is 19.4 Å². The van der Waals surface area contributed by atoms with Crippen LogP contribution in [0.4, 0.5) is 0 Å². The molecule has 1 fully saturated rings. The first-order valence-corrected chi connectivity index (χ1v) is 10.3. The average molecular weight is 389 g/mol. The molecule has 0 aliphatic carbocycles. The van der Waals surface area contributed by atoms with Crippen LogP contribution in [0.1, 0.15) is 57.4 Å². The summed E-state index contributed by atoms with van der Waals surface area (Å²) in [7, 11) is 0. The Morgan fingerprint density at radius 1 is 1.04 bits per heavy atom. The molecule has 1 aliphatic heterocycles. The number of carboxylic acid groups (broad SMARTS) is 1. The summed E-state index contributed by atoms with van der Waals surface area (Å²) >= 11 is 0. The fourth-order valence-corrected chi connectivity index (χ4v) is 3.90. The zero-order valence-electron chi connectivity index (χ0n) is 17.0. The van der Waals surface area contributed by atoms with Crippen LogP contribution < -0.4 is 0 Å². The first kappa shape index (κ1) is 21.9. The number of hydrogen-bond donors (Lipinski definition) is 1. The molecule has 6 nitrogen and oxygen atoms in total. The molecule has 0 saturated carbocycles. The van der Waals surface area contributed by atoms with Crippen LogP contribution in [0.25, 0.3) is 0 Å². The summed E-state index contributed by atoms with van der Waals surface area (Å²) in [4.78, 5) is 40.1. The minimum Gasteiger partial charge on any atom is -0.481 e. The van der Waals surface area contributed by atoms with E-state index in [9.17, 15) is 19.5 Å². The van der Waals surface area contributed by atoms with Crippen molar-refractivity contribution in [1.29, 1.82) is 0 Å². The number of carbonyl (C=O) groups excluding carboxylic acids is 2. The van der Waals surface area contributed by atoms with Gasteiger partial charge in [0.25, 0.3) is 0 Å². The molecule has 0 aromatic heterocycles. The number of aliphatic carboxylic acids is 1. The van der Waals surface area contributed by atoms with Gasteiger partial charge in [0.1, 0.15) is 0 Å². The highest BCUT2D eigenvalue weighted by molar-refractivity contribution is 5.81. The van der Waals surface area contributed by atoms with Crippen molar-refractivity contribution in [2.45, 2.75) is 51.9 Å². The van der Waals surface area contributed by atoms with Gasteiger partial charge in [0.15, 0.2) is 0 Å². The highest BCUT2D eigenvalue weighted by atomic mass is 16.4. The molecule has 0 radical (unpaired) electrons. The summed E-state index contributed by atoms with van der Waals surface area (Å²) in [6.45, 7) is 6.27. The molecule has 1 aliphatic rings. The first-order valence-electron chi connectivity index (χ1n) is 10.3. The molecular formula is C22H32N2O4. The molecule has 2 rings (SSSR count). The van der Waals surface area contributed by atoms with Crippen LogP contribution in [0.2, 0.25) is 0 Å². The lowest BCUT2D eigenvalue weighted by molar-refractivity contribution is -0.141. The molecule has 0 bridgehead atoms. The van der Waals surface area contributed by atoms with E-state index in [-0.39, 0.29) is 30.7 Å². The normalized spacial score (nSPS) is 18.9. The quantitative estimate of drug-likeness (QED) is 0.668. The molecule has 2 amide bonds. The van der Waals surface area contributed by atoms with E-state index in [4.69, 9.17) is 0 Å². The lowest BCUT2D eigenvalue weighted by Crippen LogP contribution is -2.33. The van der Waals surface area contributed by atoms with Crippen LogP contribution >= 0.6 is 0 Å². The summed E-state index contributed by atoms with van der Waals surface area (Å²) in [6, 6.07) is 9.52. The fraction of sp³-hybridized carbons (Fsp3) is 0.591. The number of rotatable bonds is 10. The maximum absolute atomic E-state index is 12.6. The van der Waals surface area contributed by atoms with E-state index in [2.05, 4.69) is 13.8 Å². The first-order chi connectivity index (χ1) is 13.5. The van der Waals surface area contributed by atoms with Gasteiger partial charge in [0.2, 0.25) is 11.8 Å². The van der Waals surface area contributed by atoms with Crippen LogP contribution in [0.5, 0.6) is 0 Å². The van der Waals surface area contributed by atoms with E-state index < -0.39 is 11.9 Å². The van der Waals surface area contributed by atoms with Gasteiger partial charge < -0.3 is 14.9 Å².